The molecule has 1 heterocycles. The van der Waals surface area contributed by atoms with E-state index >= 15 is 0 Å². The second kappa shape index (κ2) is 4.46. The lowest BCUT2D eigenvalue weighted by Gasteiger charge is -2.21. The first-order valence-electron chi connectivity index (χ1n) is 6.83. The molecule has 0 radical (unpaired) electrons. The fourth-order valence-electron chi connectivity index (χ4n) is 3.31. The van der Waals surface area contributed by atoms with E-state index in [1.807, 2.05) is 31.2 Å². The first-order chi connectivity index (χ1) is 9.11. The van der Waals surface area contributed by atoms with E-state index in [2.05, 4.69) is 0 Å². The normalized spacial score (nSPS) is 27.8. The van der Waals surface area contributed by atoms with E-state index in [1.165, 1.54) is 4.90 Å². The van der Waals surface area contributed by atoms with Crippen LogP contribution in [0.25, 0.3) is 0 Å². The van der Waals surface area contributed by atoms with E-state index in [9.17, 15) is 9.59 Å². The minimum absolute atomic E-state index is 0.0411. The van der Waals surface area contributed by atoms with Crippen molar-refractivity contribution < 1.29 is 9.59 Å². The molecule has 3 rings (SSSR count). The molecule has 0 bridgehead atoms. The predicted octanol–water partition coefficient (Wildman–Crippen LogP) is 2.00. The zero-order valence-electron chi connectivity index (χ0n) is 11.0. The van der Waals surface area contributed by atoms with E-state index < -0.39 is 0 Å². The Kier molecular flexibility index (Phi) is 2.90. The number of para-hydroxylation sites is 1. The maximum Gasteiger partial charge on any atom is 0.237 e. The summed E-state index contributed by atoms with van der Waals surface area (Å²) < 4.78 is 0. The van der Waals surface area contributed by atoms with Crippen LogP contribution in [0, 0.1) is 11.8 Å². The molecule has 19 heavy (non-hydrogen) atoms. The zero-order chi connectivity index (χ0) is 13.6. The Labute approximate surface area is 112 Å². The number of fused-ring (bicyclic) bond motifs is 1. The summed E-state index contributed by atoms with van der Waals surface area (Å²) in [4.78, 5) is 26.2. The Bertz CT molecular complexity index is 517. The van der Waals surface area contributed by atoms with E-state index in [0.717, 1.165) is 24.8 Å². The van der Waals surface area contributed by atoms with Crippen LogP contribution in [0.4, 0.5) is 5.69 Å². The number of hydrogen-bond acceptors (Lipinski definition) is 3. The number of hydrogen-bond donors (Lipinski definition) is 1. The van der Waals surface area contributed by atoms with Crippen LogP contribution in [0.5, 0.6) is 0 Å². The number of amides is 2. The van der Waals surface area contributed by atoms with Crippen LogP contribution in [0.3, 0.4) is 0 Å². The maximum atomic E-state index is 12.4. The van der Waals surface area contributed by atoms with Crippen molar-refractivity contribution in [1.82, 2.24) is 0 Å². The number of carbonyl (C=O) groups excluding carboxylic acids is 2. The Morgan fingerprint density at radius 1 is 1.16 bits per heavy atom. The van der Waals surface area contributed by atoms with Crippen molar-refractivity contribution in [3.05, 3.63) is 29.8 Å². The molecule has 1 aliphatic heterocycles. The third-order valence-electron chi connectivity index (χ3n) is 4.26. The van der Waals surface area contributed by atoms with Crippen LogP contribution in [-0.2, 0) is 9.59 Å². The van der Waals surface area contributed by atoms with Crippen molar-refractivity contribution in [2.75, 3.05) is 4.90 Å². The van der Waals surface area contributed by atoms with Crippen molar-refractivity contribution >= 4 is 17.5 Å². The van der Waals surface area contributed by atoms with Crippen molar-refractivity contribution in [2.45, 2.75) is 32.2 Å². The summed E-state index contributed by atoms with van der Waals surface area (Å²) in [5, 5.41) is 0. The molecule has 0 aromatic heterocycles. The molecule has 3 unspecified atom stereocenters. The number of imide groups is 1. The highest BCUT2D eigenvalue weighted by Crippen LogP contribution is 2.42. The van der Waals surface area contributed by atoms with E-state index in [0.29, 0.717) is 5.69 Å². The summed E-state index contributed by atoms with van der Waals surface area (Å²) in [6.07, 6.45) is 2.66. The van der Waals surface area contributed by atoms with Crippen LogP contribution >= 0.6 is 0 Å². The van der Waals surface area contributed by atoms with Gasteiger partial charge in [0, 0.05) is 6.04 Å². The second-order valence-corrected chi connectivity index (χ2v) is 5.50. The molecule has 1 aromatic rings. The highest BCUT2D eigenvalue weighted by atomic mass is 16.2. The quantitative estimate of drug-likeness (QED) is 0.825. The Balaban J connectivity index is 2.04. The molecular formula is C15H18N2O2. The molecule has 1 aliphatic carbocycles. The van der Waals surface area contributed by atoms with Crippen molar-refractivity contribution in [3.8, 4) is 0 Å². The minimum atomic E-state index is -0.197. The lowest BCUT2D eigenvalue weighted by Crippen LogP contribution is -2.33. The third kappa shape index (κ3) is 1.78. The molecule has 100 valence electrons. The van der Waals surface area contributed by atoms with E-state index in [1.54, 1.807) is 0 Å². The minimum Gasteiger partial charge on any atom is -0.324 e. The third-order valence-corrected chi connectivity index (χ3v) is 4.26. The van der Waals surface area contributed by atoms with Crippen LogP contribution in [-0.4, -0.2) is 11.8 Å². The van der Waals surface area contributed by atoms with Gasteiger partial charge in [-0.05, 0) is 31.4 Å². The van der Waals surface area contributed by atoms with Crippen LogP contribution in [0.15, 0.2) is 24.3 Å². The van der Waals surface area contributed by atoms with Crippen LogP contribution in [0.2, 0.25) is 0 Å². The molecule has 2 aliphatic rings. The number of anilines is 1. The fourth-order valence-corrected chi connectivity index (χ4v) is 3.31. The zero-order valence-corrected chi connectivity index (χ0v) is 11.0. The number of nitrogens with two attached hydrogens (primary N) is 1. The summed E-state index contributed by atoms with van der Waals surface area (Å²) >= 11 is 0. The average molecular weight is 258 g/mol. The van der Waals surface area contributed by atoms with Gasteiger partial charge in [0.2, 0.25) is 11.8 Å². The predicted molar refractivity (Wildman–Crippen MR) is 72.4 cm³/mol. The second-order valence-electron chi connectivity index (χ2n) is 5.50. The van der Waals surface area contributed by atoms with Gasteiger partial charge in [-0.15, -0.1) is 0 Å². The summed E-state index contributed by atoms with van der Waals surface area (Å²) in [5.41, 5.74) is 7.46. The van der Waals surface area contributed by atoms with Gasteiger partial charge in [0.25, 0.3) is 0 Å². The van der Waals surface area contributed by atoms with Crippen LogP contribution in [0.1, 0.15) is 37.8 Å². The van der Waals surface area contributed by atoms with Gasteiger partial charge in [0.05, 0.1) is 17.5 Å². The molecule has 1 aromatic carbocycles. The molecule has 4 heteroatoms. The Morgan fingerprint density at radius 3 is 2.32 bits per heavy atom. The highest BCUT2D eigenvalue weighted by Gasteiger charge is 2.50. The lowest BCUT2D eigenvalue weighted by atomic mass is 10.00. The molecule has 3 atom stereocenters. The Morgan fingerprint density at radius 2 is 1.74 bits per heavy atom. The largest absolute Gasteiger partial charge is 0.324 e. The smallest absolute Gasteiger partial charge is 0.237 e. The molecule has 2 fully saturated rings. The SMILES string of the molecule is CC(N)c1ccccc1N1C(=O)C2CCCC2C1=O. The molecule has 4 nitrogen and oxygen atoms in total. The van der Waals surface area contributed by atoms with Gasteiger partial charge in [0.15, 0.2) is 0 Å². The standard InChI is InChI=1S/C15H18N2O2/c1-9(16)10-5-2-3-8-13(10)17-14(18)11-6-4-7-12(11)15(17)19/h2-3,5,8-9,11-12H,4,6-7,16H2,1H3. The van der Waals surface area contributed by atoms with Gasteiger partial charge in [-0.25, -0.2) is 4.90 Å². The molecular weight excluding hydrogens is 240 g/mol. The number of rotatable bonds is 2. The summed E-state index contributed by atoms with van der Waals surface area (Å²) in [6.45, 7) is 1.87. The molecule has 1 saturated heterocycles. The monoisotopic (exact) mass is 258 g/mol. The van der Waals surface area contributed by atoms with Crippen molar-refractivity contribution in [3.63, 3.8) is 0 Å². The lowest BCUT2D eigenvalue weighted by molar-refractivity contribution is -0.122. The van der Waals surface area contributed by atoms with Crippen LogP contribution < -0.4 is 10.6 Å². The Hall–Kier alpha value is -1.68. The highest BCUT2D eigenvalue weighted by molar-refractivity contribution is 6.22. The van der Waals surface area contributed by atoms with Crippen molar-refractivity contribution in [1.29, 1.82) is 0 Å². The maximum absolute atomic E-state index is 12.4. The van der Waals surface area contributed by atoms with Gasteiger partial charge in [-0.1, -0.05) is 24.6 Å². The number of carbonyl (C=O) groups is 2. The van der Waals surface area contributed by atoms with E-state index in [4.69, 9.17) is 5.73 Å². The van der Waals surface area contributed by atoms with Gasteiger partial charge in [-0.3, -0.25) is 9.59 Å². The first-order valence-corrected chi connectivity index (χ1v) is 6.83. The summed E-state index contributed by atoms with van der Waals surface area (Å²) in [5.74, 6) is -0.288. The molecule has 1 saturated carbocycles. The topological polar surface area (TPSA) is 63.4 Å². The van der Waals surface area contributed by atoms with Gasteiger partial charge >= 0.3 is 0 Å². The average Bonchev–Trinajstić information content (AvgIpc) is 2.95. The first kappa shape index (κ1) is 12.4. The summed E-state index contributed by atoms with van der Waals surface area (Å²) in [7, 11) is 0. The van der Waals surface area contributed by atoms with Crippen molar-refractivity contribution in [2.24, 2.45) is 17.6 Å². The molecule has 2 N–H and O–H groups in total. The van der Waals surface area contributed by atoms with Gasteiger partial charge in [-0.2, -0.15) is 0 Å². The molecule has 0 spiro atoms. The van der Waals surface area contributed by atoms with Gasteiger partial charge < -0.3 is 5.73 Å². The van der Waals surface area contributed by atoms with E-state index in [-0.39, 0.29) is 29.7 Å². The number of benzene rings is 1. The number of nitrogens with zero attached hydrogens (tertiary/aromatic N) is 1. The summed E-state index contributed by atoms with van der Waals surface area (Å²) in [6, 6.07) is 7.23. The fraction of sp³-hybridized carbons (Fsp3) is 0.467. The molecule has 2 amide bonds. The van der Waals surface area contributed by atoms with Gasteiger partial charge in [0.1, 0.15) is 0 Å².